The Kier molecular flexibility index (Phi) is 4.80. The third-order valence-corrected chi connectivity index (χ3v) is 6.26. The van der Waals surface area contributed by atoms with Gasteiger partial charge in [-0.3, -0.25) is 0 Å². The number of rotatable bonds is 4. The van der Waals surface area contributed by atoms with E-state index in [1.807, 2.05) is 54.7 Å². The van der Waals surface area contributed by atoms with Gasteiger partial charge >= 0.3 is 6.03 Å². The summed E-state index contributed by atoms with van der Waals surface area (Å²) in [4.78, 5) is 13.9. The topological polar surface area (TPSA) is 46.1 Å². The van der Waals surface area contributed by atoms with E-state index in [1.165, 1.54) is 33.8 Å². The van der Waals surface area contributed by atoms with E-state index >= 15 is 0 Å². The van der Waals surface area contributed by atoms with Crippen molar-refractivity contribution in [1.29, 1.82) is 0 Å². The van der Waals surface area contributed by atoms with E-state index in [4.69, 9.17) is 0 Å². The van der Waals surface area contributed by atoms with Gasteiger partial charge in [-0.25, -0.2) is 4.79 Å². The fraction of sp³-hybridized carbons (Fsp3) is 0.286. The van der Waals surface area contributed by atoms with E-state index in [2.05, 4.69) is 27.6 Å². The van der Waals surface area contributed by atoms with Gasteiger partial charge in [-0.1, -0.05) is 18.2 Å². The van der Waals surface area contributed by atoms with E-state index in [0.29, 0.717) is 6.54 Å². The van der Waals surface area contributed by atoms with Gasteiger partial charge in [-0.15, -0.1) is 11.3 Å². The first-order valence-corrected chi connectivity index (χ1v) is 9.91. The number of benzene rings is 1. The van der Waals surface area contributed by atoms with Gasteiger partial charge in [-0.05, 0) is 61.9 Å². The number of aryl methyl sites for hydroxylation is 2. The van der Waals surface area contributed by atoms with Crippen molar-refractivity contribution in [2.75, 3.05) is 5.32 Å². The summed E-state index contributed by atoms with van der Waals surface area (Å²) in [6.07, 6.45) is 8.92. The molecule has 0 fully saturated rings. The summed E-state index contributed by atoms with van der Waals surface area (Å²) in [5.74, 6) is 0. The lowest BCUT2D eigenvalue weighted by Crippen LogP contribution is -2.29. The first-order chi connectivity index (χ1) is 12.7. The summed E-state index contributed by atoms with van der Waals surface area (Å²) in [5, 5.41) is 7.24. The Hall–Kier alpha value is -2.53. The van der Waals surface area contributed by atoms with Crippen LogP contribution in [0.3, 0.4) is 0 Å². The number of para-hydroxylation sites is 1. The molecule has 1 aliphatic carbocycles. The second-order valence-corrected chi connectivity index (χ2v) is 7.79. The molecule has 0 saturated heterocycles. The lowest BCUT2D eigenvalue weighted by atomic mass is 9.95. The standard InChI is InChI=1S/C21H23N3OS/c1-15-8-2-4-10-18(15)23-21(25)22-14-17-16-9-3-5-11-19(16)26-20(17)24-12-6-7-13-24/h2,4,6-8,10,12-13H,3,5,9,11,14H2,1H3,(H2,22,23,25). The predicted molar refractivity (Wildman–Crippen MR) is 107 cm³/mol. The highest BCUT2D eigenvalue weighted by Crippen LogP contribution is 2.36. The van der Waals surface area contributed by atoms with E-state index < -0.39 is 0 Å². The van der Waals surface area contributed by atoms with Crippen molar-refractivity contribution >= 4 is 23.1 Å². The van der Waals surface area contributed by atoms with Crippen molar-refractivity contribution in [2.45, 2.75) is 39.2 Å². The van der Waals surface area contributed by atoms with Crippen LogP contribution in [-0.2, 0) is 19.4 Å². The Morgan fingerprint density at radius 2 is 1.88 bits per heavy atom. The van der Waals surface area contributed by atoms with Gasteiger partial charge in [0.15, 0.2) is 0 Å². The average molecular weight is 366 g/mol. The van der Waals surface area contributed by atoms with Gasteiger partial charge in [0.1, 0.15) is 5.00 Å². The first-order valence-electron chi connectivity index (χ1n) is 9.09. The smallest absolute Gasteiger partial charge is 0.319 e. The van der Waals surface area contributed by atoms with Crippen molar-refractivity contribution < 1.29 is 4.79 Å². The highest BCUT2D eigenvalue weighted by atomic mass is 32.1. The summed E-state index contributed by atoms with van der Waals surface area (Å²) in [6.45, 7) is 2.55. The molecule has 0 unspecified atom stereocenters. The maximum Gasteiger partial charge on any atom is 0.319 e. The normalized spacial score (nSPS) is 13.3. The molecule has 0 spiro atoms. The molecule has 2 aromatic heterocycles. The second-order valence-electron chi connectivity index (χ2n) is 6.71. The number of aromatic nitrogens is 1. The van der Waals surface area contributed by atoms with Crippen LogP contribution < -0.4 is 10.6 Å². The van der Waals surface area contributed by atoms with Crippen molar-refractivity contribution in [3.63, 3.8) is 0 Å². The highest BCUT2D eigenvalue weighted by Gasteiger charge is 2.21. The van der Waals surface area contributed by atoms with Crippen LogP contribution in [0.4, 0.5) is 10.5 Å². The number of hydrogen-bond acceptors (Lipinski definition) is 2. The van der Waals surface area contributed by atoms with Crippen LogP contribution >= 0.6 is 11.3 Å². The zero-order valence-electron chi connectivity index (χ0n) is 14.9. The molecule has 3 aromatic rings. The molecule has 0 radical (unpaired) electrons. The van der Waals surface area contributed by atoms with Gasteiger partial charge < -0.3 is 15.2 Å². The predicted octanol–water partition coefficient (Wildman–Crippen LogP) is 5.05. The van der Waals surface area contributed by atoms with Crippen LogP contribution in [0.2, 0.25) is 0 Å². The van der Waals surface area contributed by atoms with E-state index in [-0.39, 0.29) is 6.03 Å². The zero-order chi connectivity index (χ0) is 17.9. The van der Waals surface area contributed by atoms with Crippen LogP contribution in [-0.4, -0.2) is 10.6 Å². The summed E-state index contributed by atoms with van der Waals surface area (Å²) >= 11 is 1.87. The van der Waals surface area contributed by atoms with Crippen molar-refractivity contribution in [1.82, 2.24) is 9.88 Å². The molecular weight excluding hydrogens is 342 g/mol. The van der Waals surface area contributed by atoms with E-state index in [1.54, 1.807) is 0 Å². The number of nitrogens with zero attached hydrogens (tertiary/aromatic N) is 1. The largest absolute Gasteiger partial charge is 0.334 e. The Labute approximate surface area is 157 Å². The molecule has 0 saturated carbocycles. The average Bonchev–Trinajstić information content (AvgIpc) is 3.29. The van der Waals surface area contributed by atoms with Crippen molar-refractivity contribution in [2.24, 2.45) is 0 Å². The molecule has 0 atom stereocenters. The van der Waals surface area contributed by atoms with Crippen LogP contribution in [0.5, 0.6) is 0 Å². The third-order valence-electron chi connectivity index (χ3n) is 4.92. The van der Waals surface area contributed by atoms with Gasteiger partial charge in [0.2, 0.25) is 0 Å². The molecule has 2 amide bonds. The molecule has 4 rings (SSSR count). The molecule has 26 heavy (non-hydrogen) atoms. The zero-order valence-corrected chi connectivity index (χ0v) is 15.7. The Morgan fingerprint density at radius 1 is 1.12 bits per heavy atom. The summed E-state index contributed by atoms with van der Waals surface area (Å²) in [6, 6.07) is 11.7. The molecule has 2 N–H and O–H groups in total. The molecule has 0 bridgehead atoms. The van der Waals surface area contributed by atoms with Crippen LogP contribution in [0.15, 0.2) is 48.8 Å². The number of carbonyl (C=O) groups excluding carboxylic acids is 1. The van der Waals surface area contributed by atoms with Crippen LogP contribution in [0, 0.1) is 6.92 Å². The number of hydrogen-bond donors (Lipinski definition) is 2. The Balaban J connectivity index is 1.53. The maximum absolute atomic E-state index is 12.4. The monoisotopic (exact) mass is 365 g/mol. The number of nitrogens with one attached hydrogen (secondary N) is 2. The molecule has 1 aromatic carbocycles. The van der Waals surface area contributed by atoms with Crippen molar-refractivity contribution in [3.05, 3.63) is 70.4 Å². The summed E-state index contributed by atoms with van der Waals surface area (Å²) in [5.41, 5.74) is 4.62. The number of anilines is 1. The number of fused-ring (bicyclic) bond motifs is 1. The maximum atomic E-state index is 12.4. The molecule has 0 aliphatic heterocycles. The fourth-order valence-corrected chi connectivity index (χ4v) is 4.90. The molecule has 4 nitrogen and oxygen atoms in total. The molecular formula is C21H23N3OS. The van der Waals surface area contributed by atoms with Gasteiger partial charge in [-0.2, -0.15) is 0 Å². The SMILES string of the molecule is Cc1ccccc1NC(=O)NCc1c(-n2cccc2)sc2c1CCCC2. The van der Waals surface area contributed by atoms with Crippen LogP contribution in [0.25, 0.3) is 5.00 Å². The minimum Gasteiger partial charge on any atom is -0.334 e. The van der Waals surface area contributed by atoms with Gasteiger partial charge in [0.05, 0.1) is 0 Å². The molecule has 2 heterocycles. The van der Waals surface area contributed by atoms with Crippen molar-refractivity contribution in [3.8, 4) is 5.00 Å². The van der Waals surface area contributed by atoms with E-state index in [0.717, 1.165) is 24.1 Å². The Bertz CT molecular complexity index is 911. The summed E-state index contributed by atoms with van der Waals surface area (Å²) in [7, 11) is 0. The first kappa shape index (κ1) is 16.9. The number of amides is 2. The van der Waals surface area contributed by atoms with Gasteiger partial charge in [0.25, 0.3) is 0 Å². The minimum atomic E-state index is -0.159. The highest BCUT2D eigenvalue weighted by molar-refractivity contribution is 7.14. The number of thiophene rings is 1. The Morgan fingerprint density at radius 3 is 2.69 bits per heavy atom. The number of urea groups is 1. The molecule has 134 valence electrons. The molecule has 5 heteroatoms. The molecule has 1 aliphatic rings. The fourth-order valence-electron chi connectivity index (χ4n) is 3.53. The third kappa shape index (κ3) is 3.40. The quantitative estimate of drug-likeness (QED) is 0.668. The van der Waals surface area contributed by atoms with E-state index in [9.17, 15) is 4.79 Å². The summed E-state index contributed by atoms with van der Waals surface area (Å²) < 4.78 is 2.17. The van der Waals surface area contributed by atoms with Crippen LogP contribution in [0.1, 0.15) is 34.4 Å². The number of carbonyl (C=O) groups is 1. The minimum absolute atomic E-state index is 0.159. The lowest BCUT2D eigenvalue weighted by Gasteiger charge is -2.14. The second kappa shape index (κ2) is 7.38. The lowest BCUT2D eigenvalue weighted by molar-refractivity contribution is 0.251. The van der Waals surface area contributed by atoms with Gasteiger partial charge in [0, 0.05) is 35.1 Å².